The molecule has 0 bridgehead atoms. The SMILES string of the molecule is CC(C)NCc1ccccc1Cn1cccn1. The van der Waals surface area contributed by atoms with Crippen LogP contribution in [0.15, 0.2) is 42.7 Å². The molecule has 0 radical (unpaired) electrons. The topological polar surface area (TPSA) is 29.9 Å². The molecule has 0 aliphatic carbocycles. The molecule has 0 spiro atoms. The van der Waals surface area contributed by atoms with Gasteiger partial charge in [0, 0.05) is 25.0 Å². The Morgan fingerprint density at radius 3 is 2.59 bits per heavy atom. The highest BCUT2D eigenvalue weighted by Crippen LogP contribution is 2.10. The molecule has 1 N–H and O–H groups in total. The fraction of sp³-hybridized carbons (Fsp3) is 0.357. The average Bonchev–Trinajstić information content (AvgIpc) is 2.80. The van der Waals surface area contributed by atoms with Crippen molar-refractivity contribution in [2.24, 2.45) is 0 Å². The van der Waals surface area contributed by atoms with Gasteiger partial charge in [-0.25, -0.2) is 0 Å². The molecule has 0 saturated heterocycles. The Morgan fingerprint density at radius 1 is 1.18 bits per heavy atom. The van der Waals surface area contributed by atoms with Crippen LogP contribution in [0.2, 0.25) is 0 Å². The van der Waals surface area contributed by atoms with Crippen molar-refractivity contribution in [3.8, 4) is 0 Å². The Balaban J connectivity index is 2.10. The number of nitrogens with zero attached hydrogens (tertiary/aromatic N) is 2. The van der Waals surface area contributed by atoms with Crippen LogP contribution in [0.25, 0.3) is 0 Å². The zero-order valence-electron chi connectivity index (χ0n) is 10.4. The zero-order valence-corrected chi connectivity index (χ0v) is 10.4. The lowest BCUT2D eigenvalue weighted by atomic mass is 10.1. The van der Waals surface area contributed by atoms with Crippen molar-refractivity contribution in [2.75, 3.05) is 0 Å². The van der Waals surface area contributed by atoms with E-state index >= 15 is 0 Å². The van der Waals surface area contributed by atoms with Gasteiger partial charge in [0.05, 0.1) is 6.54 Å². The van der Waals surface area contributed by atoms with Gasteiger partial charge in [0.2, 0.25) is 0 Å². The second-order valence-electron chi connectivity index (χ2n) is 4.51. The van der Waals surface area contributed by atoms with Crippen LogP contribution in [0.3, 0.4) is 0 Å². The molecule has 2 rings (SSSR count). The highest BCUT2D eigenvalue weighted by atomic mass is 15.3. The van der Waals surface area contributed by atoms with Gasteiger partial charge in [-0.05, 0) is 17.2 Å². The van der Waals surface area contributed by atoms with Gasteiger partial charge in [-0.3, -0.25) is 4.68 Å². The summed E-state index contributed by atoms with van der Waals surface area (Å²) >= 11 is 0. The molecule has 1 aromatic heterocycles. The Kier molecular flexibility index (Phi) is 3.94. The number of hydrogen-bond acceptors (Lipinski definition) is 2. The van der Waals surface area contributed by atoms with Crippen LogP contribution in [-0.2, 0) is 13.1 Å². The monoisotopic (exact) mass is 229 g/mol. The first-order valence-corrected chi connectivity index (χ1v) is 6.03. The smallest absolute Gasteiger partial charge is 0.0662 e. The maximum Gasteiger partial charge on any atom is 0.0662 e. The van der Waals surface area contributed by atoms with Crippen LogP contribution in [0.4, 0.5) is 0 Å². The Bertz CT molecular complexity index is 446. The number of nitrogens with one attached hydrogen (secondary N) is 1. The summed E-state index contributed by atoms with van der Waals surface area (Å²) in [5.74, 6) is 0. The molecular formula is C14H19N3. The molecule has 0 atom stereocenters. The van der Waals surface area contributed by atoms with E-state index in [0.29, 0.717) is 6.04 Å². The molecule has 0 amide bonds. The van der Waals surface area contributed by atoms with E-state index in [9.17, 15) is 0 Å². The lowest BCUT2D eigenvalue weighted by Gasteiger charge is -2.12. The Labute approximate surface area is 102 Å². The van der Waals surface area contributed by atoms with Gasteiger partial charge in [-0.2, -0.15) is 5.10 Å². The van der Waals surface area contributed by atoms with Crippen LogP contribution in [0.1, 0.15) is 25.0 Å². The quantitative estimate of drug-likeness (QED) is 0.853. The Morgan fingerprint density at radius 2 is 1.94 bits per heavy atom. The second kappa shape index (κ2) is 5.64. The maximum atomic E-state index is 4.24. The summed E-state index contributed by atoms with van der Waals surface area (Å²) in [6, 6.07) is 11.0. The van der Waals surface area contributed by atoms with Crippen LogP contribution in [0, 0.1) is 0 Å². The lowest BCUT2D eigenvalue weighted by molar-refractivity contribution is 0.582. The number of rotatable bonds is 5. The molecule has 2 aromatic rings. The molecule has 17 heavy (non-hydrogen) atoms. The summed E-state index contributed by atoms with van der Waals surface area (Å²) < 4.78 is 1.95. The zero-order chi connectivity index (χ0) is 12.1. The molecule has 0 unspecified atom stereocenters. The maximum absolute atomic E-state index is 4.24. The van der Waals surface area contributed by atoms with E-state index in [4.69, 9.17) is 0 Å². The van der Waals surface area contributed by atoms with Crippen LogP contribution in [-0.4, -0.2) is 15.8 Å². The molecule has 1 heterocycles. The number of hydrogen-bond donors (Lipinski definition) is 1. The average molecular weight is 229 g/mol. The van der Waals surface area contributed by atoms with Gasteiger partial charge < -0.3 is 5.32 Å². The first-order valence-electron chi connectivity index (χ1n) is 6.03. The normalized spacial score (nSPS) is 11.0. The third-order valence-electron chi connectivity index (χ3n) is 2.71. The second-order valence-corrected chi connectivity index (χ2v) is 4.51. The van der Waals surface area contributed by atoms with Crippen LogP contribution in [0.5, 0.6) is 0 Å². The van der Waals surface area contributed by atoms with Gasteiger partial charge in [-0.15, -0.1) is 0 Å². The summed E-state index contributed by atoms with van der Waals surface area (Å²) in [6.45, 7) is 6.07. The summed E-state index contributed by atoms with van der Waals surface area (Å²) in [5.41, 5.74) is 2.67. The standard InChI is InChI=1S/C14H19N3/c1-12(2)15-10-13-6-3-4-7-14(13)11-17-9-5-8-16-17/h3-9,12,15H,10-11H2,1-2H3. The van der Waals surface area contributed by atoms with E-state index in [0.717, 1.165) is 13.1 Å². The molecule has 3 nitrogen and oxygen atoms in total. The summed E-state index contributed by atoms with van der Waals surface area (Å²) in [5, 5.41) is 7.70. The van der Waals surface area contributed by atoms with E-state index in [2.05, 4.69) is 48.5 Å². The molecule has 3 heteroatoms. The lowest BCUT2D eigenvalue weighted by Crippen LogP contribution is -2.22. The molecular weight excluding hydrogens is 210 g/mol. The molecule has 0 aliphatic heterocycles. The minimum absolute atomic E-state index is 0.507. The molecule has 0 fully saturated rings. The Hall–Kier alpha value is -1.61. The van der Waals surface area contributed by atoms with Gasteiger partial charge in [0.25, 0.3) is 0 Å². The third kappa shape index (κ3) is 3.43. The van der Waals surface area contributed by atoms with Crippen molar-refractivity contribution in [1.82, 2.24) is 15.1 Å². The van der Waals surface area contributed by atoms with E-state index in [1.165, 1.54) is 11.1 Å². The minimum Gasteiger partial charge on any atom is -0.310 e. The predicted molar refractivity (Wildman–Crippen MR) is 69.7 cm³/mol. The summed E-state index contributed by atoms with van der Waals surface area (Å²) in [7, 11) is 0. The fourth-order valence-electron chi connectivity index (χ4n) is 1.77. The van der Waals surface area contributed by atoms with Gasteiger partial charge >= 0.3 is 0 Å². The van der Waals surface area contributed by atoms with E-state index in [1.807, 2.05) is 23.1 Å². The largest absolute Gasteiger partial charge is 0.310 e. The van der Waals surface area contributed by atoms with Gasteiger partial charge in [0.1, 0.15) is 0 Å². The van der Waals surface area contributed by atoms with Gasteiger partial charge in [0.15, 0.2) is 0 Å². The summed E-state index contributed by atoms with van der Waals surface area (Å²) in [4.78, 5) is 0. The highest BCUT2D eigenvalue weighted by molar-refractivity contribution is 5.27. The third-order valence-corrected chi connectivity index (χ3v) is 2.71. The van der Waals surface area contributed by atoms with Crippen molar-refractivity contribution < 1.29 is 0 Å². The number of aromatic nitrogens is 2. The molecule has 1 aromatic carbocycles. The number of benzene rings is 1. The summed E-state index contributed by atoms with van der Waals surface area (Å²) in [6.07, 6.45) is 3.81. The van der Waals surface area contributed by atoms with Crippen molar-refractivity contribution in [3.63, 3.8) is 0 Å². The van der Waals surface area contributed by atoms with Gasteiger partial charge in [-0.1, -0.05) is 38.1 Å². The van der Waals surface area contributed by atoms with E-state index in [-0.39, 0.29) is 0 Å². The fourth-order valence-corrected chi connectivity index (χ4v) is 1.77. The van der Waals surface area contributed by atoms with Crippen molar-refractivity contribution in [2.45, 2.75) is 33.0 Å². The molecule has 0 aliphatic rings. The minimum atomic E-state index is 0.507. The van der Waals surface area contributed by atoms with Crippen molar-refractivity contribution >= 4 is 0 Å². The van der Waals surface area contributed by atoms with Crippen LogP contribution < -0.4 is 5.32 Å². The molecule has 90 valence electrons. The highest BCUT2D eigenvalue weighted by Gasteiger charge is 2.03. The predicted octanol–water partition coefficient (Wildman–Crippen LogP) is 2.43. The van der Waals surface area contributed by atoms with E-state index < -0.39 is 0 Å². The first-order chi connectivity index (χ1) is 8.25. The van der Waals surface area contributed by atoms with Crippen LogP contribution >= 0.6 is 0 Å². The van der Waals surface area contributed by atoms with Crippen molar-refractivity contribution in [1.29, 1.82) is 0 Å². The van der Waals surface area contributed by atoms with E-state index in [1.54, 1.807) is 0 Å². The van der Waals surface area contributed by atoms with Crippen molar-refractivity contribution in [3.05, 3.63) is 53.9 Å². The molecule has 0 saturated carbocycles. The first kappa shape index (κ1) is 11.9.